The van der Waals surface area contributed by atoms with Crippen molar-refractivity contribution in [3.63, 3.8) is 0 Å². The predicted octanol–water partition coefficient (Wildman–Crippen LogP) is 4.92. The van der Waals surface area contributed by atoms with Crippen molar-refractivity contribution in [1.29, 1.82) is 0 Å². The molecule has 1 N–H and O–H groups in total. The predicted molar refractivity (Wildman–Crippen MR) is 88.5 cm³/mol. The molecule has 1 saturated carbocycles. The molecule has 20 heavy (non-hydrogen) atoms. The molecule has 1 aromatic carbocycles. The third kappa shape index (κ3) is 3.20. The van der Waals surface area contributed by atoms with E-state index in [-0.39, 0.29) is 0 Å². The SMILES string of the molecule is CCNC(CC1CCC1)c1c(C)c(Br)cc(C)c1OC. The first-order valence-electron chi connectivity index (χ1n) is 7.65. The van der Waals surface area contributed by atoms with Gasteiger partial charge in [0.05, 0.1) is 7.11 Å². The summed E-state index contributed by atoms with van der Waals surface area (Å²) in [6, 6.07) is 2.56. The summed E-state index contributed by atoms with van der Waals surface area (Å²) in [5.74, 6) is 1.93. The second-order valence-electron chi connectivity index (χ2n) is 5.89. The molecule has 0 radical (unpaired) electrons. The number of aryl methyl sites for hydroxylation is 1. The lowest BCUT2D eigenvalue weighted by Crippen LogP contribution is -2.27. The van der Waals surface area contributed by atoms with Gasteiger partial charge < -0.3 is 10.1 Å². The molecule has 0 heterocycles. The lowest BCUT2D eigenvalue weighted by molar-refractivity contribution is 0.259. The summed E-state index contributed by atoms with van der Waals surface area (Å²) < 4.78 is 6.89. The Bertz CT molecular complexity index is 469. The normalized spacial score (nSPS) is 16.9. The first-order chi connectivity index (χ1) is 9.58. The summed E-state index contributed by atoms with van der Waals surface area (Å²) >= 11 is 3.69. The molecule has 0 saturated heterocycles. The molecule has 1 aliphatic carbocycles. The van der Waals surface area contributed by atoms with Crippen LogP contribution in [0, 0.1) is 19.8 Å². The zero-order valence-electron chi connectivity index (χ0n) is 13.1. The van der Waals surface area contributed by atoms with Gasteiger partial charge in [0.1, 0.15) is 5.75 Å². The summed E-state index contributed by atoms with van der Waals surface area (Å²) in [5.41, 5.74) is 3.85. The van der Waals surface area contributed by atoms with Crippen LogP contribution in [-0.4, -0.2) is 13.7 Å². The van der Waals surface area contributed by atoms with Crippen LogP contribution in [0.5, 0.6) is 5.75 Å². The van der Waals surface area contributed by atoms with Crippen LogP contribution in [0.1, 0.15) is 55.3 Å². The molecule has 0 aliphatic heterocycles. The molecular weight excluding hydrogens is 314 g/mol. The second-order valence-corrected chi connectivity index (χ2v) is 6.74. The maximum absolute atomic E-state index is 5.71. The van der Waals surface area contributed by atoms with Crippen molar-refractivity contribution in [1.82, 2.24) is 5.32 Å². The maximum Gasteiger partial charge on any atom is 0.126 e. The molecule has 3 heteroatoms. The zero-order valence-corrected chi connectivity index (χ0v) is 14.6. The van der Waals surface area contributed by atoms with Gasteiger partial charge in [-0.2, -0.15) is 0 Å². The average Bonchev–Trinajstić information content (AvgIpc) is 2.36. The highest BCUT2D eigenvalue weighted by atomic mass is 79.9. The van der Waals surface area contributed by atoms with Gasteiger partial charge in [0.2, 0.25) is 0 Å². The molecule has 0 amide bonds. The van der Waals surface area contributed by atoms with Gasteiger partial charge in [0.25, 0.3) is 0 Å². The minimum absolute atomic E-state index is 0.399. The minimum Gasteiger partial charge on any atom is -0.496 e. The van der Waals surface area contributed by atoms with E-state index in [1.165, 1.54) is 46.8 Å². The minimum atomic E-state index is 0.399. The highest BCUT2D eigenvalue weighted by molar-refractivity contribution is 9.10. The lowest BCUT2D eigenvalue weighted by atomic mass is 9.78. The van der Waals surface area contributed by atoms with E-state index in [9.17, 15) is 0 Å². The number of hydrogen-bond acceptors (Lipinski definition) is 2. The largest absolute Gasteiger partial charge is 0.496 e. The fraction of sp³-hybridized carbons (Fsp3) is 0.647. The maximum atomic E-state index is 5.71. The third-order valence-electron chi connectivity index (χ3n) is 4.51. The Morgan fingerprint density at radius 3 is 2.60 bits per heavy atom. The summed E-state index contributed by atoms with van der Waals surface area (Å²) in [4.78, 5) is 0. The summed E-state index contributed by atoms with van der Waals surface area (Å²) in [6.07, 6.45) is 5.39. The number of hydrogen-bond donors (Lipinski definition) is 1. The zero-order chi connectivity index (χ0) is 14.7. The Morgan fingerprint density at radius 2 is 2.10 bits per heavy atom. The van der Waals surface area contributed by atoms with Gasteiger partial charge in [0.15, 0.2) is 0 Å². The first-order valence-corrected chi connectivity index (χ1v) is 8.44. The van der Waals surface area contributed by atoms with Crippen molar-refractivity contribution in [2.75, 3.05) is 13.7 Å². The highest BCUT2D eigenvalue weighted by Gasteiger charge is 2.27. The van der Waals surface area contributed by atoms with Gasteiger partial charge in [-0.15, -0.1) is 0 Å². The molecule has 1 unspecified atom stereocenters. The quantitative estimate of drug-likeness (QED) is 0.794. The van der Waals surface area contributed by atoms with E-state index >= 15 is 0 Å². The monoisotopic (exact) mass is 339 g/mol. The molecule has 1 aliphatic rings. The molecule has 112 valence electrons. The molecule has 2 nitrogen and oxygen atoms in total. The van der Waals surface area contributed by atoms with Crippen LogP contribution in [0.2, 0.25) is 0 Å². The first kappa shape index (κ1) is 15.8. The van der Waals surface area contributed by atoms with E-state index in [1.807, 2.05) is 0 Å². The number of halogens is 1. The number of nitrogens with one attached hydrogen (secondary N) is 1. The number of ether oxygens (including phenoxy) is 1. The molecular formula is C17H26BrNO. The standard InChI is InChI=1S/C17H26BrNO/c1-5-19-15(10-13-7-6-8-13)16-12(3)14(18)9-11(2)17(16)20-4/h9,13,15,19H,5-8,10H2,1-4H3. The Morgan fingerprint density at radius 1 is 1.40 bits per heavy atom. The molecule has 0 spiro atoms. The molecule has 1 aromatic rings. The van der Waals surface area contributed by atoms with Crippen molar-refractivity contribution >= 4 is 15.9 Å². The van der Waals surface area contributed by atoms with Gasteiger partial charge >= 0.3 is 0 Å². The van der Waals surface area contributed by atoms with Crippen LogP contribution >= 0.6 is 15.9 Å². The average molecular weight is 340 g/mol. The Kier molecular flexibility index (Phi) is 5.50. The summed E-state index contributed by atoms with van der Waals surface area (Å²) in [5, 5.41) is 3.67. The summed E-state index contributed by atoms with van der Waals surface area (Å²) in [6.45, 7) is 7.48. The smallest absolute Gasteiger partial charge is 0.126 e. The Balaban J connectivity index is 2.39. The number of methoxy groups -OCH3 is 1. The van der Waals surface area contributed by atoms with E-state index in [4.69, 9.17) is 4.74 Å². The van der Waals surface area contributed by atoms with Crippen molar-refractivity contribution in [3.8, 4) is 5.75 Å². The van der Waals surface area contributed by atoms with E-state index in [0.717, 1.165) is 18.2 Å². The molecule has 0 aromatic heterocycles. The van der Waals surface area contributed by atoms with Gasteiger partial charge in [-0.25, -0.2) is 0 Å². The fourth-order valence-electron chi connectivity index (χ4n) is 3.18. The van der Waals surface area contributed by atoms with Crippen LogP contribution in [0.15, 0.2) is 10.5 Å². The molecule has 2 rings (SSSR count). The van der Waals surface area contributed by atoms with Crippen LogP contribution in [-0.2, 0) is 0 Å². The van der Waals surface area contributed by atoms with Gasteiger partial charge in [-0.1, -0.05) is 42.1 Å². The second kappa shape index (κ2) is 6.95. The van der Waals surface area contributed by atoms with Gasteiger partial charge in [-0.05, 0) is 49.9 Å². The van der Waals surface area contributed by atoms with Crippen molar-refractivity contribution in [2.45, 2.75) is 52.5 Å². The van der Waals surface area contributed by atoms with E-state index in [2.05, 4.69) is 48.1 Å². The fourth-order valence-corrected chi connectivity index (χ4v) is 3.73. The van der Waals surface area contributed by atoms with Gasteiger partial charge in [-0.3, -0.25) is 0 Å². The van der Waals surface area contributed by atoms with Crippen molar-refractivity contribution in [3.05, 3.63) is 27.2 Å². The van der Waals surface area contributed by atoms with Crippen molar-refractivity contribution in [2.24, 2.45) is 5.92 Å². The lowest BCUT2D eigenvalue weighted by Gasteiger charge is -2.32. The molecule has 1 fully saturated rings. The highest BCUT2D eigenvalue weighted by Crippen LogP contribution is 2.41. The van der Waals surface area contributed by atoms with Crippen molar-refractivity contribution < 1.29 is 4.74 Å². The number of rotatable bonds is 6. The molecule has 1 atom stereocenters. The Labute approximate surface area is 131 Å². The van der Waals surface area contributed by atoms with Crippen LogP contribution < -0.4 is 10.1 Å². The van der Waals surface area contributed by atoms with E-state index in [1.54, 1.807) is 7.11 Å². The summed E-state index contributed by atoms with van der Waals surface area (Å²) in [7, 11) is 1.78. The Hall–Kier alpha value is -0.540. The number of benzene rings is 1. The molecule has 0 bridgehead atoms. The van der Waals surface area contributed by atoms with E-state index < -0.39 is 0 Å². The van der Waals surface area contributed by atoms with Crippen LogP contribution in [0.3, 0.4) is 0 Å². The third-order valence-corrected chi connectivity index (χ3v) is 5.33. The van der Waals surface area contributed by atoms with Crippen LogP contribution in [0.4, 0.5) is 0 Å². The van der Waals surface area contributed by atoms with E-state index in [0.29, 0.717) is 6.04 Å². The topological polar surface area (TPSA) is 21.3 Å². The van der Waals surface area contributed by atoms with Gasteiger partial charge in [0, 0.05) is 16.1 Å². The van der Waals surface area contributed by atoms with Crippen LogP contribution in [0.25, 0.3) is 0 Å².